The largest absolute Gasteiger partial charge is 0.423 e. The van der Waals surface area contributed by atoms with Crippen molar-refractivity contribution in [3.63, 3.8) is 0 Å². The van der Waals surface area contributed by atoms with E-state index in [1.807, 2.05) is 0 Å². The quantitative estimate of drug-likeness (QED) is 0.463. The molecule has 1 aliphatic rings. The Morgan fingerprint density at radius 2 is 1.81 bits per heavy atom. The first-order chi connectivity index (χ1) is 12.6. The summed E-state index contributed by atoms with van der Waals surface area (Å²) in [5.41, 5.74) is -2.94. The summed E-state index contributed by atoms with van der Waals surface area (Å²) < 4.78 is 48.0. The number of rotatable bonds is 3. The molecule has 1 aromatic heterocycles. The Kier molecular flexibility index (Phi) is 5.14. The second-order valence-electron chi connectivity index (χ2n) is 6.10. The summed E-state index contributed by atoms with van der Waals surface area (Å²) in [7, 11) is 0. The van der Waals surface area contributed by atoms with Gasteiger partial charge >= 0.3 is 11.8 Å². The Bertz CT molecular complexity index is 884. The monoisotopic (exact) mass is 391 g/mol. The van der Waals surface area contributed by atoms with Crippen LogP contribution in [-0.2, 0) is 10.9 Å². The number of halogens is 3. The number of nitrogens with one attached hydrogen (secondary N) is 1. The molecule has 2 aromatic rings. The number of anilines is 1. The van der Waals surface area contributed by atoms with E-state index in [1.165, 1.54) is 18.2 Å². The van der Waals surface area contributed by atoms with Gasteiger partial charge in [0, 0.05) is 17.1 Å². The molecule has 1 aromatic carbocycles. The summed E-state index contributed by atoms with van der Waals surface area (Å²) >= 11 is 0. The van der Waals surface area contributed by atoms with Gasteiger partial charge in [0.05, 0.1) is 6.61 Å². The number of fused-ring (bicyclic) bond motifs is 1. The average molecular weight is 391 g/mol. The number of hydrogen-bond acceptors (Lipinski definition) is 8. The summed E-state index contributed by atoms with van der Waals surface area (Å²) in [5, 5.41) is 41.6. The number of ether oxygens (including phenoxy) is 1. The van der Waals surface area contributed by atoms with E-state index in [4.69, 9.17) is 14.3 Å². The fourth-order valence-electron chi connectivity index (χ4n) is 2.84. The van der Waals surface area contributed by atoms with Gasteiger partial charge in [-0.25, -0.2) is 4.79 Å². The van der Waals surface area contributed by atoms with Crippen LogP contribution in [0.1, 0.15) is 5.56 Å². The van der Waals surface area contributed by atoms with Crippen LogP contribution in [0.25, 0.3) is 11.0 Å². The van der Waals surface area contributed by atoms with Gasteiger partial charge in [-0.3, -0.25) is 0 Å². The predicted octanol–water partition coefficient (Wildman–Crippen LogP) is 0.0236. The van der Waals surface area contributed by atoms with Crippen LogP contribution in [0.3, 0.4) is 0 Å². The molecule has 148 valence electrons. The van der Waals surface area contributed by atoms with E-state index in [2.05, 4.69) is 5.32 Å². The van der Waals surface area contributed by atoms with Crippen LogP contribution < -0.4 is 10.9 Å². The lowest BCUT2D eigenvalue weighted by Crippen LogP contribution is -2.61. The van der Waals surface area contributed by atoms with Crippen molar-refractivity contribution in [2.75, 3.05) is 11.9 Å². The second kappa shape index (κ2) is 7.09. The first-order valence-electron chi connectivity index (χ1n) is 7.84. The van der Waals surface area contributed by atoms with E-state index in [-0.39, 0.29) is 16.7 Å². The molecule has 3 rings (SSSR count). The third-order valence-corrected chi connectivity index (χ3v) is 4.27. The van der Waals surface area contributed by atoms with Crippen molar-refractivity contribution in [1.82, 2.24) is 0 Å². The summed E-state index contributed by atoms with van der Waals surface area (Å²) in [5.74, 6) is 0. The van der Waals surface area contributed by atoms with Gasteiger partial charge in [-0.05, 0) is 18.2 Å². The molecule has 0 aliphatic carbocycles. The SMILES string of the molecule is O=c1oc2cc(N[C@H]3C(O)[C@H](O)C(CO)O[C@H]3O)ccc2cc1C(F)(F)F. The van der Waals surface area contributed by atoms with Crippen LogP contribution in [0, 0.1) is 0 Å². The van der Waals surface area contributed by atoms with E-state index in [0.717, 1.165) is 0 Å². The zero-order valence-electron chi connectivity index (χ0n) is 13.6. The first-order valence-corrected chi connectivity index (χ1v) is 7.84. The van der Waals surface area contributed by atoms with Gasteiger partial charge in [-0.1, -0.05) is 0 Å². The number of aliphatic hydroxyl groups is 4. The topological polar surface area (TPSA) is 132 Å². The van der Waals surface area contributed by atoms with E-state index in [9.17, 15) is 33.3 Å². The number of hydrogen-bond donors (Lipinski definition) is 5. The first kappa shape index (κ1) is 19.6. The van der Waals surface area contributed by atoms with Crippen molar-refractivity contribution in [3.05, 3.63) is 40.2 Å². The Labute approximate surface area is 149 Å². The fraction of sp³-hybridized carbons (Fsp3) is 0.438. The molecule has 0 bridgehead atoms. The summed E-state index contributed by atoms with van der Waals surface area (Å²) in [6.07, 6.45) is -10.6. The van der Waals surface area contributed by atoms with Crippen LogP contribution in [0.5, 0.6) is 0 Å². The third kappa shape index (κ3) is 3.77. The minimum atomic E-state index is -4.85. The average Bonchev–Trinajstić information content (AvgIpc) is 2.60. The molecule has 2 heterocycles. The normalized spacial score (nSPS) is 29.1. The highest BCUT2D eigenvalue weighted by Crippen LogP contribution is 2.30. The van der Waals surface area contributed by atoms with Crippen LogP contribution in [0.4, 0.5) is 18.9 Å². The lowest BCUT2D eigenvalue weighted by atomic mass is 9.97. The van der Waals surface area contributed by atoms with Crippen molar-refractivity contribution in [2.45, 2.75) is 36.8 Å². The highest BCUT2D eigenvalue weighted by molar-refractivity contribution is 5.81. The summed E-state index contributed by atoms with van der Waals surface area (Å²) in [4.78, 5) is 11.5. The molecule has 1 aliphatic heterocycles. The van der Waals surface area contributed by atoms with Crippen LogP contribution in [0.15, 0.2) is 33.5 Å². The van der Waals surface area contributed by atoms with Gasteiger partial charge in [0.1, 0.15) is 35.5 Å². The zero-order chi connectivity index (χ0) is 19.9. The van der Waals surface area contributed by atoms with Gasteiger partial charge < -0.3 is 34.9 Å². The van der Waals surface area contributed by atoms with Crippen LogP contribution in [-0.4, -0.2) is 57.7 Å². The van der Waals surface area contributed by atoms with Gasteiger partial charge in [0.15, 0.2) is 6.29 Å². The Balaban J connectivity index is 1.89. The van der Waals surface area contributed by atoms with Crippen LogP contribution >= 0.6 is 0 Å². The highest BCUT2D eigenvalue weighted by Gasteiger charge is 2.43. The highest BCUT2D eigenvalue weighted by atomic mass is 19.4. The van der Waals surface area contributed by atoms with E-state index in [0.29, 0.717) is 6.07 Å². The molecule has 0 radical (unpaired) electrons. The van der Waals surface area contributed by atoms with Gasteiger partial charge in [-0.15, -0.1) is 0 Å². The molecule has 1 saturated heterocycles. The molecule has 5 atom stereocenters. The standard InChI is InChI=1S/C16H16F3NO7/c17-16(18,19)8-3-6-1-2-7(4-9(6)26-14(8)24)20-11-13(23)12(22)10(5-21)27-15(11)25/h1-4,10-13,15,20-23,25H,5H2/t10?,11-,12+,13?,15+/m0/s1. The maximum Gasteiger partial charge on any atom is 0.423 e. The number of alkyl halides is 3. The third-order valence-electron chi connectivity index (χ3n) is 4.27. The van der Waals surface area contributed by atoms with Crippen molar-refractivity contribution >= 4 is 16.7 Å². The zero-order valence-corrected chi connectivity index (χ0v) is 13.6. The molecule has 11 heteroatoms. The smallest absolute Gasteiger partial charge is 0.422 e. The Morgan fingerprint density at radius 3 is 2.44 bits per heavy atom. The molecule has 1 fully saturated rings. The van der Waals surface area contributed by atoms with Gasteiger partial charge in [0.2, 0.25) is 0 Å². The predicted molar refractivity (Wildman–Crippen MR) is 84.9 cm³/mol. The molecular formula is C16H16F3NO7. The molecule has 8 nitrogen and oxygen atoms in total. The van der Waals surface area contributed by atoms with Crippen molar-refractivity contribution in [1.29, 1.82) is 0 Å². The minimum absolute atomic E-state index is 0.0221. The number of benzene rings is 1. The maximum absolute atomic E-state index is 12.8. The molecule has 0 saturated carbocycles. The molecule has 0 spiro atoms. The lowest BCUT2D eigenvalue weighted by molar-refractivity contribution is -0.245. The summed E-state index contributed by atoms with van der Waals surface area (Å²) in [6, 6.07) is 3.26. The molecule has 27 heavy (non-hydrogen) atoms. The summed E-state index contributed by atoms with van der Waals surface area (Å²) in [6.45, 7) is -0.620. The maximum atomic E-state index is 12.8. The van der Waals surface area contributed by atoms with Crippen LogP contribution in [0.2, 0.25) is 0 Å². The second-order valence-corrected chi connectivity index (χ2v) is 6.10. The van der Waals surface area contributed by atoms with Crippen molar-refractivity contribution in [3.8, 4) is 0 Å². The molecule has 5 N–H and O–H groups in total. The Morgan fingerprint density at radius 1 is 1.11 bits per heavy atom. The van der Waals surface area contributed by atoms with Gasteiger partial charge in [-0.2, -0.15) is 13.2 Å². The fourth-order valence-corrected chi connectivity index (χ4v) is 2.84. The van der Waals surface area contributed by atoms with Gasteiger partial charge in [0.25, 0.3) is 0 Å². The van der Waals surface area contributed by atoms with Crippen molar-refractivity contribution in [2.24, 2.45) is 0 Å². The lowest BCUT2D eigenvalue weighted by Gasteiger charge is -2.40. The molecule has 0 amide bonds. The van der Waals surface area contributed by atoms with E-state index < -0.39 is 54.6 Å². The van der Waals surface area contributed by atoms with Crippen molar-refractivity contribution < 1.29 is 42.8 Å². The van der Waals surface area contributed by atoms with E-state index in [1.54, 1.807) is 0 Å². The molecule has 2 unspecified atom stereocenters. The minimum Gasteiger partial charge on any atom is -0.422 e. The van der Waals surface area contributed by atoms with E-state index >= 15 is 0 Å². The number of aliphatic hydroxyl groups excluding tert-OH is 4. The molecular weight excluding hydrogens is 375 g/mol. The Hall–Kier alpha value is -2.18.